The lowest BCUT2D eigenvalue weighted by molar-refractivity contribution is 0.158. The van der Waals surface area contributed by atoms with Crippen LogP contribution in [-0.2, 0) is 16.6 Å². The minimum Gasteiger partial charge on any atom is -0.363 e. The molecule has 0 aliphatic carbocycles. The van der Waals surface area contributed by atoms with Crippen molar-refractivity contribution in [3.63, 3.8) is 0 Å². The third-order valence-electron chi connectivity index (χ3n) is 4.47. The van der Waals surface area contributed by atoms with Crippen molar-refractivity contribution in [3.05, 3.63) is 18.0 Å². The molecule has 2 fully saturated rings. The van der Waals surface area contributed by atoms with Crippen LogP contribution in [0.1, 0.15) is 25.5 Å². The average molecular weight is 312 g/mol. The van der Waals surface area contributed by atoms with E-state index in [-0.39, 0.29) is 0 Å². The third-order valence-corrected chi connectivity index (χ3v) is 6.31. The van der Waals surface area contributed by atoms with E-state index in [1.807, 2.05) is 6.92 Å². The highest BCUT2D eigenvalue weighted by atomic mass is 32.2. The van der Waals surface area contributed by atoms with Crippen molar-refractivity contribution in [1.29, 1.82) is 0 Å². The topological polar surface area (TPSA) is 68.4 Å². The molecule has 7 heteroatoms. The highest BCUT2D eigenvalue weighted by molar-refractivity contribution is 7.89. The fourth-order valence-corrected chi connectivity index (χ4v) is 4.75. The first-order valence-electron chi connectivity index (χ1n) is 7.73. The van der Waals surface area contributed by atoms with Crippen LogP contribution in [0.2, 0.25) is 0 Å². The zero-order valence-corrected chi connectivity index (χ0v) is 13.3. The van der Waals surface area contributed by atoms with E-state index in [4.69, 9.17) is 0 Å². The maximum atomic E-state index is 12.7. The molecule has 0 radical (unpaired) electrons. The Morgan fingerprint density at radius 3 is 3.05 bits per heavy atom. The summed E-state index contributed by atoms with van der Waals surface area (Å²) in [6.45, 7) is 6.78. The Bertz CT molecular complexity index is 584. The first kappa shape index (κ1) is 15.0. The molecule has 1 aromatic heterocycles. The van der Waals surface area contributed by atoms with Crippen LogP contribution in [-0.4, -0.2) is 61.4 Å². The number of piperazine rings is 1. The van der Waals surface area contributed by atoms with Gasteiger partial charge in [-0.05, 0) is 32.0 Å². The Kier molecular flexibility index (Phi) is 4.35. The maximum Gasteiger partial charge on any atom is 0.244 e. The van der Waals surface area contributed by atoms with E-state index in [9.17, 15) is 8.42 Å². The molecular weight excluding hydrogens is 288 g/mol. The first-order valence-corrected chi connectivity index (χ1v) is 9.17. The van der Waals surface area contributed by atoms with Crippen molar-refractivity contribution in [2.24, 2.45) is 0 Å². The number of aromatic nitrogens is 1. The average Bonchev–Trinajstić information content (AvgIpc) is 3.13. The molecule has 2 saturated heterocycles. The van der Waals surface area contributed by atoms with Gasteiger partial charge in [0, 0.05) is 44.1 Å². The van der Waals surface area contributed by atoms with E-state index < -0.39 is 10.0 Å². The van der Waals surface area contributed by atoms with E-state index in [1.165, 1.54) is 6.42 Å². The Labute approximate surface area is 126 Å². The van der Waals surface area contributed by atoms with Crippen LogP contribution in [0.4, 0.5) is 0 Å². The second kappa shape index (κ2) is 6.08. The van der Waals surface area contributed by atoms with E-state index in [0.29, 0.717) is 30.6 Å². The molecule has 6 nitrogen and oxygen atoms in total. The van der Waals surface area contributed by atoms with Gasteiger partial charge in [0.2, 0.25) is 10.0 Å². The van der Waals surface area contributed by atoms with Gasteiger partial charge in [-0.3, -0.25) is 4.90 Å². The summed E-state index contributed by atoms with van der Waals surface area (Å²) in [6.07, 6.45) is 3.92. The second-order valence-electron chi connectivity index (χ2n) is 5.84. The van der Waals surface area contributed by atoms with E-state index in [2.05, 4.69) is 15.2 Å². The van der Waals surface area contributed by atoms with Crippen molar-refractivity contribution in [2.75, 3.05) is 32.7 Å². The molecule has 2 aliphatic rings. The fourth-order valence-electron chi connectivity index (χ4n) is 3.26. The molecule has 0 amide bonds. The van der Waals surface area contributed by atoms with Gasteiger partial charge in [0.1, 0.15) is 0 Å². The van der Waals surface area contributed by atoms with Crippen LogP contribution in [0.15, 0.2) is 17.2 Å². The SMILES string of the molecule is CCNCc1cc(S(=O)(=O)N2CCN3CCCC3C2)c[nH]1. The number of hydrogen-bond acceptors (Lipinski definition) is 4. The van der Waals surface area contributed by atoms with E-state index >= 15 is 0 Å². The monoisotopic (exact) mass is 312 g/mol. The standard InChI is InChI=1S/C14H24N4O2S/c1-2-15-9-12-8-14(10-16-12)21(19,20)18-7-6-17-5-3-4-13(17)11-18/h8,10,13,15-16H,2-7,9,11H2,1H3. The van der Waals surface area contributed by atoms with Gasteiger partial charge in [0.05, 0.1) is 4.90 Å². The van der Waals surface area contributed by atoms with Gasteiger partial charge in [-0.2, -0.15) is 4.31 Å². The molecule has 0 spiro atoms. The minimum absolute atomic E-state index is 0.391. The number of nitrogens with one attached hydrogen (secondary N) is 2. The Morgan fingerprint density at radius 1 is 1.38 bits per heavy atom. The summed E-state index contributed by atoms with van der Waals surface area (Å²) in [5.74, 6) is 0. The Hall–Kier alpha value is -0.890. The normalized spacial score (nSPS) is 24.3. The van der Waals surface area contributed by atoms with Gasteiger partial charge in [-0.15, -0.1) is 0 Å². The largest absolute Gasteiger partial charge is 0.363 e. The molecule has 1 unspecified atom stereocenters. The quantitative estimate of drug-likeness (QED) is 0.835. The predicted molar refractivity (Wildman–Crippen MR) is 81.5 cm³/mol. The van der Waals surface area contributed by atoms with Gasteiger partial charge < -0.3 is 10.3 Å². The fraction of sp³-hybridized carbons (Fsp3) is 0.714. The maximum absolute atomic E-state index is 12.7. The summed E-state index contributed by atoms with van der Waals surface area (Å²) in [4.78, 5) is 5.86. The zero-order chi connectivity index (χ0) is 14.9. The van der Waals surface area contributed by atoms with Gasteiger partial charge in [0.15, 0.2) is 0 Å². The summed E-state index contributed by atoms with van der Waals surface area (Å²) < 4.78 is 27.1. The number of aromatic amines is 1. The van der Waals surface area contributed by atoms with Crippen LogP contribution in [0.5, 0.6) is 0 Å². The van der Waals surface area contributed by atoms with Gasteiger partial charge >= 0.3 is 0 Å². The summed E-state index contributed by atoms with van der Waals surface area (Å²) in [5.41, 5.74) is 0.912. The van der Waals surface area contributed by atoms with Crippen molar-refractivity contribution < 1.29 is 8.42 Å². The van der Waals surface area contributed by atoms with Gasteiger partial charge in [-0.25, -0.2) is 8.42 Å². The van der Waals surface area contributed by atoms with Crippen LogP contribution in [0, 0.1) is 0 Å². The van der Waals surface area contributed by atoms with Crippen molar-refractivity contribution in [1.82, 2.24) is 19.5 Å². The summed E-state index contributed by atoms with van der Waals surface area (Å²) in [6, 6.07) is 2.16. The van der Waals surface area contributed by atoms with E-state index in [1.54, 1.807) is 16.6 Å². The summed E-state index contributed by atoms with van der Waals surface area (Å²) >= 11 is 0. The highest BCUT2D eigenvalue weighted by Crippen LogP contribution is 2.26. The predicted octanol–water partition coefficient (Wildman–Crippen LogP) is 0.593. The first-order chi connectivity index (χ1) is 10.1. The molecule has 118 valence electrons. The number of hydrogen-bond donors (Lipinski definition) is 2. The summed E-state index contributed by atoms with van der Waals surface area (Å²) in [7, 11) is -3.36. The number of fused-ring (bicyclic) bond motifs is 1. The Balaban J connectivity index is 1.72. The molecule has 1 atom stereocenters. The molecule has 0 aromatic carbocycles. The van der Waals surface area contributed by atoms with Crippen LogP contribution in [0.25, 0.3) is 0 Å². The zero-order valence-electron chi connectivity index (χ0n) is 12.5. The number of nitrogens with zero attached hydrogens (tertiary/aromatic N) is 2. The smallest absolute Gasteiger partial charge is 0.244 e. The molecular formula is C14H24N4O2S. The molecule has 21 heavy (non-hydrogen) atoms. The summed E-state index contributed by atoms with van der Waals surface area (Å²) in [5, 5.41) is 3.19. The second-order valence-corrected chi connectivity index (χ2v) is 7.77. The Morgan fingerprint density at radius 2 is 2.24 bits per heavy atom. The van der Waals surface area contributed by atoms with Crippen molar-refractivity contribution in [3.8, 4) is 0 Å². The number of rotatable bonds is 5. The molecule has 3 heterocycles. The number of H-pyrrole nitrogens is 1. The third kappa shape index (κ3) is 3.01. The molecule has 1 aromatic rings. The van der Waals surface area contributed by atoms with Crippen molar-refractivity contribution >= 4 is 10.0 Å². The van der Waals surface area contributed by atoms with Crippen molar-refractivity contribution in [2.45, 2.75) is 37.2 Å². The molecule has 2 aliphatic heterocycles. The van der Waals surface area contributed by atoms with E-state index in [0.717, 1.165) is 31.7 Å². The molecule has 2 N–H and O–H groups in total. The molecule has 3 rings (SSSR count). The highest BCUT2D eigenvalue weighted by Gasteiger charge is 2.36. The van der Waals surface area contributed by atoms with Gasteiger partial charge in [-0.1, -0.05) is 6.92 Å². The lowest BCUT2D eigenvalue weighted by atomic mass is 10.2. The van der Waals surface area contributed by atoms with Crippen LogP contribution >= 0.6 is 0 Å². The molecule has 0 saturated carbocycles. The molecule has 0 bridgehead atoms. The van der Waals surface area contributed by atoms with Gasteiger partial charge in [0.25, 0.3) is 0 Å². The van der Waals surface area contributed by atoms with Crippen LogP contribution < -0.4 is 5.32 Å². The minimum atomic E-state index is -3.36. The van der Waals surface area contributed by atoms with Crippen LogP contribution in [0.3, 0.4) is 0 Å². The number of sulfonamides is 1. The lowest BCUT2D eigenvalue weighted by Crippen LogP contribution is -2.51. The lowest BCUT2D eigenvalue weighted by Gasteiger charge is -2.36.